The third kappa shape index (κ3) is 4.97. The molecule has 3 nitrogen and oxygen atoms in total. The van der Waals surface area contributed by atoms with E-state index < -0.39 is 5.97 Å². The van der Waals surface area contributed by atoms with E-state index in [0.29, 0.717) is 5.92 Å². The number of nitrogens with two attached hydrogens (primary N) is 1. The van der Waals surface area contributed by atoms with E-state index in [2.05, 4.69) is 6.92 Å². The highest BCUT2D eigenvalue weighted by Crippen LogP contribution is 2.36. The topological polar surface area (TPSA) is 63.3 Å². The van der Waals surface area contributed by atoms with E-state index in [1.54, 1.807) is 0 Å². The van der Waals surface area contributed by atoms with Crippen molar-refractivity contribution in [2.45, 2.75) is 51.9 Å². The first-order valence-corrected chi connectivity index (χ1v) is 6.60. The lowest BCUT2D eigenvalue weighted by atomic mass is 9.90. The Morgan fingerprint density at radius 2 is 2.06 bits per heavy atom. The van der Waals surface area contributed by atoms with Gasteiger partial charge in [0.05, 0.1) is 5.92 Å². The zero-order valence-electron chi connectivity index (χ0n) is 10.3. The maximum Gasteiger partial charge on any atom is 0.307 e. The van der Waals surface area contributed by atoms with Crippen LogP contribution in [0.15, 0.2) is 0 Å². The summed E-state index contributed by atoms with van der Waals surface area (Å²) < 4.78 is 0. The summed E-state index contributed by atoms with van der Waals surface area (Å²) in [6.07, 6.45) is 8.39. The van der Waals surface area contributed by atoms with Gasteiger partial charge >= 0.3 is 5.97 Å². The third-order valence-electron chi connectivity index (χ3n) is 3.81. The normalized spacial score (nSPS) is 19.4. The Bertz CT molecular complexity index is 214. The van der Waals surface area contributed by atoms with E-state index >= 15 is 0 Å². The summed E-state index contributed by atoms with van der Waals surface area (Å²) in [5.41, 5.74) is 5.45. The smallest absolute Gasteiger partial charge is 0.307 e. The predicted octanol–water partition coefficient (Wildman–Crippen LogP) is 2.64. The van der Waals surface area contributed by atoms with Gasteiger partial charge in [-0.1, -0.05) is 39.0 Å². The molecule has 3 N–H and O–H groups in total. The maximum atomic E-state index is 10.8. The average molecular weight is 227 g/mol. The minimum atomic E-state index is -0.737. The van der Waals surface area contributed by atoms with E-state index in [0.717, 1.165) is 18.8 Å². The van der Waals surface area contributed by atoms with Crippen LogP contribution >= 0.6 is 0 Å². The number of carbonyl (C=O) groups is 1. The van der Waals surface area contributed by atoms with Crippen LogP contribution < -0.4 is 5.73 Å². The van der Waals surface area contributed by atoms with E-state index in [1.165, 1.54) is 32.1 Å². The standard InChI is InChI=1S/C13H25NO2/c1-2-10(3-4-11-5-6-11)7-8-12(9-14)13(15)16/h10-12H,2-9,14H2,1H3,(H,15,16). The Balaban J connectivity index is 2.17. The van der Waals surface area contributed by atoms with E-state index in [9.17, 15) is 4.79 Å². The molecule has 0 aromatic carbocycles. The van der Waals surface area contributed by atoms with E-state index in [4.69, 9.17) is 10.8 Å². The summed E-state index contributed by atoms with van der Waals surface area (Å²) in [5.74, 6) is 0.613. The van der Waals surface area contributed by atoms with Gasteiger partial charge in [-0.15, -0.1) is 0 Å². The molecule has 0 aromatic rings. The number of carboxylic acids is 1. The fraction of sp³-hybridized carbons (Fsp3) is 0.923. The molecule has 16 heavy (non-hydrogen) atoms. The summed E-state index contributed by atoms with van der Waals surface area (Å²) in [6, 6.07) is 0. The largest absolute Gasteiger partial charge is 0.481 e. The number of hydrogen-bond acceptors (Lipinski definition) is 2. The summed E-state index contributed by atoms with van der Waals surface area (Å²) in [5, 5.41) is 8.91. The molecule has 0 aliphatic heterocycles. The van der Waals surface area contributed by atoms with Crippen LogP contribution in [-0.4, -0.2) is 17.6 Å². The van der Waals surface area contributed by atoms with Crippen LogP contribution in [0, 0.1) is 17.8 Å². The lowest BCUT2D eigenvalue weighted by molar-refractivity contribution is -0.141. The molecule has 1 rings (SSSR count). The number of hydrogen-bond donors (Lipinski definition) is 2. The number of rotatable bonds is 9. The summed E-state index contributed by atoms with van der Waals surface area (Å²) in [6.45, 7) is 2.48. The summed E-state index contributed by atoms with van der Waals surface area (Å²) >= 11 is 0. The highest BCUT2D eigenvalue weighted by atomic mass is 16.4. The second-order valence-electron chi connectivity index (χ2n) is 5.14. The molecular weight excluding hydrogens is 202 g/mol. The molecule has 0 spiro atoms. The van der Waals surface area contributed by atoms with Crippen molar-refractivity contribution in [2.24, 2.45) is 23.5 Å². The molecule has 0 bridgehead atoms. The first-order chi connectivity index (χ1) is 7.67. The van der Waals surface area contributed by atoms with Crippen molar-refractivity contribution in [3.63, 3.8) is 0 Å². The Morgan fingerprint density at radius 1 is 1.38 bits per heavy atom. The highest BCUT2D eigenvalue weighted by Gasteiger charge is 2.23. The van der Waals surface area contributed by atoms with Crippen LogP contribution in [0.4, 0.5) is 0 Å². The number of carboxylic acid groups (broad SMARTS) is 1. The molecule has 1 saturated carbocycles. The van der Waals surface area contributed by atoms with E-state index in [1.807, 2.05) is 0 Å². The summed E-state index contributed by atoms with van der Waals surface area (Å²) in [7, 11) is 0. The molecule has 0 saturated heterocycles. The molecule has 3 heteroatoms. The van der Waals surface area contributed by atoms with Crippen LogP contribution in [-0.2, 0) is 4.79 Å². The van der Waals surface area contributed by atoms with Crippen molar-refractivity contribution in [1.29, 1.82) is 0 Å². The molecule has 2 atom stereocenters. The van der Waals surface area contributed by atoms with Crippen molar-refractivity contribution < 1.29 is 9.90 Å². The predicted molar refractivity (Wildman–Crippen MR) is 65.2 cm³/mol. The molecule has 0 heterocycles. The lowest BCUT2D eigenvalue weighted by Crippen LogP contribution is -2.23. The monoisotopic (exact) mass is 227 g/mol. The van der Waals surface area contributed by atoms with Gasteiger partial charge in [0.15, 0.2) is 0 Å². The van der Waals surface area contributed by atoms with Crippen molar-refractivity contribution in [1.82, 2.24) is 0 Å². The maximum absolute atomic E-state index is 10.8. The first kappa shape index (κ1) is 13.5. The fourth-order valence-electron chi connectivity index (χ4n) is 2.21. The van der Waals surface area contributed by atoms with E-state index in [-0.39, 0.29) is 12.5 Å². The molecule has 0 amide bonds. The summed E-state index contributed by atoms with van der Waals surface area (Å²) in [4.78, 5) is 10.8. The average Bonchev–Trinajstić information content (AvgIpc) is 3.06. The van der Waals surface area contributed by atoms with Gasteiger partial charge < -0.3 is 10.8 Å². The van der Waals surface area contributed by atoms with Gasteiger partial charge in [-0.2, -0.15) is 0 Å². The third-order valence-corrected chi connectivity index (χ3v) is 3.81. The lowest BCUT2D eigenvalue weighted by Gasteiger charge is -2.17. The second-order valence-corrected chi connectivity index (χ2v) is 5.14. The number of aliphatic carboxylic acids is 1. The van der Waals surface area contributed by atoms with Crippen molar-refractivity contribution in [2.75, 3.05) is 6.54 Å². The molecule has 2 unspecified atom stereocenters. The minimum absolute atomic E-state index is 0.272. The van der Waals surface area contributed by atoms with Crippen molar-refractivity contribution >= 4 is 5.97 Å². The van der Waals surface area contributed by atoms with Gasteiger partial charge in [-0.05, 0) is 24.7 Å². The Kier molecular flexibility index (Phi) is 5.81. The highest BCUT2D eigenvalue weighted by molar-refractivity contribution is 5.70. The van der Waals surface area contributed by atoms with Crippen LogP contribution in [0.1, 0.15) is 51.9 Å². The minimum Gasteiger partial charge on any atom is -0.481 e. The van der Waals surface area contributed by atoms with Gasteiger partial charge in [0.2, 0.25) is 0 Å². The van der Waals surface area contributed by atoms with Gasteiger partial charge in [-0.25, -0.2) is 0 Å². The molecule has 0 radical (unpaired) electrons. The zero-order valence-corrected chi connectivity index (χ0v) is 10.3. The first-order valence-electron chi connectivity index (χ1n) is 6.60. The zero-order chi connectivity index (χ0) is 12.0. The van der Waals surface area contributed by atoms with Crippen molar-refractivity contribution in [3.8, 4) is 0 Å². The quantitative estimate of drug-likeness (QED) is 0.636. The van der Waals surface area contributed by atoms with Crippen molar-refractivity contribution in [3.05, 3.63) is 0 Å². The van der Waals surface area contributed by atoms with Gasteiger partial charge in [-0.3, -0.25) is 4.79 Å². The Labute approximate surface area is 98.4 Å². The molecule has 1 fully saturated rings. The van der Waals surface area contributed by atoms with Gasteiger partial charge in [0, 0.05) is 6.54 Å². The second kappa shape index (κ2) is 6.89. The Morgan fingerprint density at radius 3 is 2.50 bits per heavy atom. The van der Waals surface area contributed by atoms with Crippen LogP contribution in [0.2, 0.25) is 0 Å². The van der Waals surface area contributed by atoms with Crippen LogP contribution in [0.25, 0.3) is 0 Å². The SMILES string of the molecule is CCC(CCC1CC1)CCC(CN)C(=O)O. The molecule has 1 aliphatic rings. The molecule has 1 aliphatic carbocycles. The van der Waals surface area contributed by atoms with Gasteiger partial charge in [0.25, 0.3) is 0 Å². The molecular formula is C13H25NO2. The van der Waals surface area contributed by atoms with Crippen LogP contribution in [0.5, 0.6) is 0 Å². The molecule has 0 aromatic heterocycles. The fourth-order valence-corrected chi connectivity index (χ4v) is 2.21. The van der Waals surface area contributed by atoms with Gasteiger partial charge in [0.1, 0.15) is 0 Å². The van der Waals surface area contributed by atoms with Crippen LogP contribution in [0.3, 0.4) is 0 Å². The Hall–Kier alpha value is -0.570. The molecule has 94 valence electrons.